The van der Waals surface area contributed by atoms with Gasteiger partial charge in [-0.05, 0) is 12.1 Å². The lowest BCUT2D eigenvalue weighted by Gasteiger charge is -2.02. The Kier molecular flexibility index (Phi) is 4.88. The number of pyridine rings is 1. The molecule has 0 fully saturated rings. The van der Waals surface area contributed by atoms with Crippen LogP contribution in [0.3, 0.4) is 0 Å². The maximum atomic E-state index is 11.3. The first-order valence-corrected chi connectivity index (χ1v) is 5.12. The van der Waals surface area contributed by atoms with Crippen LogP contribution < -0.4 is 5.43 Å². The highest BCUT2D eigenvalue weighted by Crippen LogP contribution is 2.05. The molecule has 0 saturated heterocycles. The summed E-state index contributed by atoms with van der Waals surface area (Å²) in [6.45, 7) is 0. The second-order valence-electron chi connectivity index (χ2n) is 3.41. The normalized spacial score (nSPS) is 10.4. The molecule has 0 unspecified atom stereocenters. The van der Waals surface area contributed by atoms with E-state index in [4.69, 9.17) is 15.5 Å². The van der Waals surface area contributed by atoms with E-state index < -0.39 is 29.9 Å². The minimum absolute atomic E-state index is 0.153. The molecular weight excluding hydrogens is 268 g/mol. The van der Waals surface area contributed by atoms with E-state index in [-0.39, 0.29) is 11.4 Å². The summed E-state index contributed by atoms with van der Waals surface area (Å²) in [5.74, 6) is -4.24. The van der Waals surface area contributed by atoms with Crippen LogP contribution in [0.2, 0.25) is 0 Å². The third kappa shape index (κ3) is 4.19. The number of hydrazone groups is 1. The van der Waals surface area contributed by atoms with Gasteiger partial charge in [0.2, 0.25) is 11.5 Å². The lowest BCUT2D eigenvalue weighted by Crippen LogP contribution is -2.27. The SMILES string of the molecule is N#Cc1ccc(NN=C(C(=O)O)C(=O)CC(=O)O)cn1. The molecule has 0 bridgehead atoms. The van der Waals surface area contributed by atoms with Gasteiger partial charge in [0, 0.05) is 0 Å². The Hall–Kier alpha value is -3.28. The van der Waals surface area contributed by atoms with Gasteiger partial charge in [0.25, 0.3) is 0 Å². The van der Waals surface area contributed by atoms with E-state index in [1.165, 1.54) is 18.3 Å². The van der Waals surface area contributed by atoms with Crippen molar-refractivity contribution in [3.63, 3.8) is 0 Å². The minimum atomic E-state index is -1.65. The molecular formula is C11H8N4O5. The monoisotopic (exact) mass is 276 g/mol. The molecule has 1 rings (SSSR count). The Morgan fingerprint density at radius 3 is 2.50 bits per heavy atom. The summed E-state index contributed by atoms with van der Waals surface area (Å²) in [4.78, 5) is 36.2. The summed E-state index contributed by atoms with van der Waals surface area (Å²) in [5.41, 5.74) is 1.71. The lowest BCUT2D eigenvalue weighted by molar-refractivity contribution is -0.139. The molecule has 102 valence electrons. The zero-order valence-electron chi connectivity index (χ0n) is 9.90. The summed E-state index contributed by atoms with van der Waals surface area (Å²) >= 11 is 0. The molecule has 3 N–H and O–H groups in total. The summed E-state index contributed by atoms with van der Waals surface area (Å²) in [7, 11) is 0. The van der Waals surface area contributed by atoms with Crippen LogP contribution in [-0.4, -0.2) is 38.6 Å². The number of carboxylic acid groups (broad SMARTS) is 2. The maximum Gasteiger partial charge on any atom is 0.360 e. The van der Waals surface area contributed by atoms with Gasteiger partial charge < -0.3 is 10.2 Å². The van der Waals surface area contributed by atoms with E-state index in [1.54, 1.807) is 6.07 Å². The van der Waals surface area contributed by atoms with Crippen LogP contribution >= 0.6 is 0 Å². The molecule has 0 spiro atoms. The number of carbonyl (C=O) groups is 3. The quantitative estimate of drug-likeness (QED) is 0.368. The second kappa shape index (κ2) is 6.60. The summed E-state index contributed by atoms with van der Waals surface area (Å²) < 4.78 is 0. The first kappa shape index (κ1) is 14.8. The first-order valence-electron chi connectivity index (χ1n) is 5.12. The third-order valence-electron chi connectivity index (χ3n) is 1.95. The van der Waals surface area contributed by atoms with Gasteiger partial charge in [-0.25, -0.2) is 9.78 Å². The molecule has 0 atom stereocenters. The molecule has 1 aromatic rings. The molecule has 0 radical (unpaired) electrons. The predicted molar refractivity (Wildman–Crippen MR) is 64.9 cm³/mol. The zero-order chi connectivity index (χ0) is 15.1. The smallest absolute Gasteiger partial charge is 0.360 e. The third-order valence-corrected chi connectivity index (χ3v) is 1.95. The van der Waals surface area contributed by atoms with Crippen LogP contribution in [0.1, 0.15) is 12.1 Å². The highest BCUT2D eigenvalue weighted by molar-refractivity contribution is 6.65. The highest BCUT2D eigenvalue weighted by atomic mass is 16.4. The number of nitrogens with zero attached hydrogens (tertiary/aromatic N) is 3. The Morgan fingerprint density at radius 2 is 2.05 bits per heavy atom. The van der Waals surface area contributed by atoms with Gasteiger partial charge >= 0.3 is 11.9 Å². The van der Waals surface area contributed by atoms with Crippen LogP contribution in [0.4, 0.5) is 5.69 Å². The lowest BCUT2D eigenvalue weighted by atomic mass is 10.2. The number of ketones is 1. The molecule has 1 aromatic heterocycles. The van der Waals surface area contributed by atoms with Crippen molar-refractivity contribution in [3.8, 4) is 6.07 Å². The highest BCUT2D eigenvalue weighted by Gasteiger charge is 2.22. The van der Waals surface area contributed by atoms with Crippen molar-refractivity contribution < 1.29 is 24.6 Å². The number of aliphatic carboxylic acids is 2. The van der Waals surface area contributed by atoms with Crippen molar-refractivity contribution in [3.05, 3.63) is 24.0 Å². The van der Waals surface area contributed by atoms with Crippen molar-refractivity contribution in [2.45, 2.75) is 6.42 Å². The van der Waals surface area contributed by atoms with Gasteiger partial charge in [-0.1, -0.05) is 0 Å². The van der Waals surface area contributed by atoms with Gasteiger partial charge in [0.1, 0.15) is 18.2 Å². The fraction of sp³-hybridized carbons (Fsp3) is 0.0909. The van der Waals surface area contributed by atoms with Gasteiger partial charge in [0.15, 0.2) is 0 Å². The van der Waals surface area contributed by atoms with E-state index in [2.05, 4.69) is 15.5 Å². The van der Waals surface area contributed by atoms with E-state index in [0.29, 0.717) is 0 Å². The van der Waals surface area contributed by atoms with Crippen LogP contribution in [-0.2, 0) is 14.4 Å². The summed E-state index contributed by atoms with van der Waals surface area (Å²) in [6, 6.07) is 4.55. The van der Waals surface area contributed by atoms with Crippen LogP contribution in [0.15, 0.2) is 23.4 Å². The number of carboxylic acids is 2. The Balaban J connectivity index is 2.87. The zero-order valence-corrected chi connectivity index (χ0v) is 9.90. The van der Waals surface area contributed by atoms with Crippen molar-refractivity contribution >= 4 is 29.1 Å². The molecule has 0 aliphatic rings. The van der Waals surface area contributed by atoms with E-state index in [0.717, 1.165) is 0 Å². The Morgan fingerprint density at radius 1 is 1.35 bits per heavy atom. The maximum absolute atomic E-state index is 11.3. The van der Waals surface area contributed by atoms with Crippen molar-refractivity contribution in [1.82, 2.24) is 4.98 Å². The number of nitrogens with one attached hydrogen (secondary N) is 1. The fourth-order valence-corrected chi connectivity index (χ4v) is 1.10. The number of rotatable bonds is 6. The van der Waals surface area contributed by atoms with Gasteiger partial charge in [-0.3, -0.25) is 15.0 Å². The molecule has 1 heterocycles. The largest absolute Gasteiger partial charge is 0.481 e. The standard InChI is InChI=1S/C11H8N4O5/c12-4-6-1-2-7(5-13-6)14-15-10(11(19)20)8(16)3-9(17)18/h1-2,5,14H,3H2,(H,17,18)(H,19,20). The number of carbonyl (C=O) groups excluding carboxylic acids is 1. The average molecular weight is 276 g/mol. The molecule has 0 amide bonds. The Bertz CT molecular complexity index is 615. The van der Waals surface area contributed by atoms with Crippen LogP contribution in [0, 0.1) is 11.3 Å². The topological polar surface area (TPSA) is 153 Å². The van der Waals surface area contributed by atoms with Gasteiger partial charge in [0.05, 0.1) is 11.9 Å². The number of aromatic nitrogens is 1. The predicted octanol–water partition coefficient (Wildman–Crippen LogP) is -0.150. The number of nitriles is 1. The van der Waals surface area contributed by atoms with E-state index in [9.17, 15) is 14.4 Å². The average Bonchev–Trinajstić information content (AvgIpc) is 2.38. The molecule has 0 aromatic carbocycles. The van der Waals surface area contributed by atoms with E-state index in [1.807, 2.05) is 0 Å². The van der Waals surface area contributed by atoms with Gasteiger partial charge in [-0.2, -0.15) is 10.4 Å². The minimum Gasteiger partial charge on any atom is -0.481 e. The van der Waals surface area contributed by atoms with Crippen molar-refractivity contribution in [2.75, 3.05) is 5.43 Å². The summed E-state index contributed by atoms with van der Waals surface area (Å²) in [5, 5.41) is 29.1. The molecule has 0 aliphatic heterocycles. The summed E-state index contributed by atoms with van der Waals surface area (Å²) in [6.07, 6.45) is 0.238. The number of Topliss-reactive ketones (excluding diaryl/α,β-unsaturated/α-hetero) is 1. The van der Waals surface area contributed by atoms with Crippen molar-refractivity contribution in [2.24, 2.45) is 5.10 Å². The van der Waals surface area contributed by atoms with Crippen LogP contribution in [0.25, 0.3) is 0 Å². The number of hydrogen-bond donors (Lipinski definition) is 3. The molecule has 9 nitrogen and oxygen atoms in total. The van der Waals surface area contributed by atoms with Crippen molar-refractivity contribution in [1.29, 1.82) is 5.26 Å². The van der Waals surface area contributed by atoms with E-state index >= 15 is 0 Å². The number of anilines is 1. The van der Waals surface area contributed by atoms with Gasteiger partial charge in [-0.15, -0.1) is 0 Å². The second-order valence-corrected chi connectivity index (χ2v) is 3.41. The first-order chi connectivity index (χ1) is 9.43. The molecule has 9 heteroatoms. The molecule has 0 aliphatic carbocycles. The molecule has 0 saturated carbocycles. The fourth-order valence-electron chi connectivity index (χ4n) is 1.10. The molecule has 20 heavy (non-hydrogen) atoms. The van der Waals surface area contributed by atoms with Crippen LogP contribution in [0.5, 0.6) is 0 Å². The Labute approximate surface area is 112 Å². The number of hydrogen-bond acceptors (Lipinski definition) is 7.